The molecule has 0 aliphatic carbocycles. The number of aromatic nitrogens is 1. The summed E-state index contributed by atoms with van der Waals surface area (Å²) in [6.07, 6.45) is 1.53. The Hall–Kier alpha value is -2.28. The first-order valence-electron chi connectivity index (χ1n) is 5.48. The number of phenols is 1. The van der Waals surface area contributed by atoms with E-state index < -0.39 is 0 Å². The Morgan fingerprint density at radius 1 is 1.53 bits per heavy atom. The highest BCUT2D eigenvalue weighted by atomic mass is 32.1. The van der Waals surface area contributed by atoms with Crippen molar-refractivity contribution in [3.8, 4) is 11.5 Å². The predicted molar refractivity (Wildman–Crippen MR) is 77.1 cm³/mol. The van der Waals surface area contributed by atoms with Crippen molar-refractivity contribution >= 4 is 28.5 Å². The van der Waals surface area contributed by atoms with Crippen LogP contribution in [0.1, 0.15) is 11.1 Å². The third kappa shape index (κ3) is 3.14. The molecule has 2 rings (SSSR count). The summed E-state index contributed by atoms with van der Waals surface area (Å²) in [7, 11) is 1.55. The zero-order chi connectivity index (χ0) is 13.8. The van der Waals surface area contributed by atoms with Crippen LogP contribution in [-0.4, -0.2) is 23.4 Å². The lowest BCUT2D eigenvalue weighted by Gasteiger charge is -2.06. The first kappa shape index (κ1) is 13.2. The summed E-state index contributed by atoms with van der Waals surface area (Å²) in [5, 5.41) is 16.2. The number of methoxy groups -OCH3 is 1. The molecule has 1 heterocycles. The second-order valence-corrected chi connectivity index (χ2v) is 4.68. The summed E-state index contributed by atoms with van der Waals surface area (Å²) in [5.74, 6) is 1.17. The molecule has 0 bridgehead atoms. The van der Waals surface area contributed by atoms with Crippen LogP contribution in [0.25, 0.3) is 0 Å². The van der Waals surface area contributed by atoms with Gasteiger partial charge in [0.2, 0.25) is 5.13 Å². The minimum atomic E-state index is 0.112. The van der Waals surface area contributed by atoms with Crippen molar-refractivity contribution < 1.29 is 9.84 Å². The summed E-state index contributed by atoms with van der Waals surface area (Å²) in [6, 6.07) is 3.36. The summed E-state index contributed by atoms with van der Waals surface area (Å²) < 4.78 is 5.07. The van der Waals surface area contributed by atoms with Crippen LogP contribution in [0.2, 0.25) is 0 Å². The van der Waals surface area contributed by atoms with Crippen molar-refractivity contribution in [3.63, 3.8) is 0 Å². The normalized spacial score (nSPS) is 10.8. The van der Waals surface area contributed by atoms with E-state index in [1.54, 1.807) is 12.5 Å². The maximum Gasteiger partial charge on any atom is 0.205 e. The number of phenolic OH excluding ortho intramolecular Hbond substituents is 1. The van der Waals surface area contributed by atoms with Gasteiger partial charge in [-0.3, -0.25) is 5.43 Å². The Morgan fingerprint density at radius 3 is 2.89 bits per heavy atom. The quantitative estimate of drug-likeness (QED) is 0.589. The Bertz CT molecular complexity index is 587. The average molecular weight is 278 g/mol. The van der Waals surface area contributed by atoms with Gasteiger partial charge in [0.05, 0.1) is 13.3 Å². The fourth-order valence-corrected chi connectivity index (χ4v) is 2.07. The minimum Gasteiger partial charge on any atom is -0.507 e. The van der Waals surface area contributed by atoms with E-state index in [9.17, 15) is 5.11 Å². The number of anilines is 2. The third-order valence-electron chi connectivity index (χ3n) is 2.45. The number of aromatic hydroxyl groups is 1. The van der Waals surface area contributed by atoms with Crippen LogP contribution in [-0.2, 0) is 0 Å². The number of rotatable bonds is 4. The van der Waals surface area contributed by atoms with Gasteiger partial charge >= 0.3 is 0 Å². The number of thiazole rings is 1. The second kappa shape index (κ2) is 5.57. The SMILES string of the molecule is COc1cc(C)c(C=NNc2nc(N)cs2)c(O)c1. The molecule has 0 atom stereocenters. The standard InChI is InChI=1S/C12H14N4O2S/c1-7-3-8(18-2)4-10(17)9(7)5-14-16-12-15-11(13)6-19-12/h3-6,17H,13H2,1-2H3,(H,15,16). The van der Waals surface area contributed by atoms with Gasteiger partial charge in [-0.2, -0.15) is 5.10 Å². The van der Waals surface area contributed by atoms with Crippen molar-refractivity contribution in [2.45, 2.75) is 6.92 Å². The van der Waals surface area contributed by atoms with Crippen LogP contribution in [0.5, 0.6) is 11.5 Å². The van der Waals surface area contributed by atoms with Gasteiger partial charge in [-0.05, 0) is 18.6 Å². The number of hydrazone groups is 1. The molecule has 1 aromatic carbocycles. The van der Waals surface area contributed by atoms with Gasteiger partial charge in [-0.25, -0.2) is 4.98 Å². The maximum atomic E-state index is 9.87. The van der Waals surface area contributed by atoms with E-state index in [-0.39, 0.29) is 5.75 Å². The predicted octanol–water partition coefficient (Wildman–Crippen LogP) is 2.19. The highest BCUT2D eigenvalue weighted by Crippen LogP contribution is 2.26. The molecule has 2 aromatic rings. The van der Waals surface area contributed by atoms with Gasteiger partial charge < -0.3 is 15.6 Å². The van der Waals surface area contributed by atoms with Crippen molar-refractivity contribution in [2.75, 3.05) is 18.3 Å². The topological polar surface area (TPSA) is 92.8 Å². The molecule has 0 aliphatic heterocycles. The van der Waals surface area contributed by atoms with Crippen LogP contribution >= 0.6 is 11.3 Å². The maximum absolute atomic E-state index is 9.87. The first-order valence-corrected chi connectivity index (χ1v) is 6.36. The molecule has 1 aromatic heterocycles. The van der Waals surface area contributed by atoms with Gasteiger partial charge in [0.15, 0.2) is 0 Å². The van der Waals surface area contributed by atoms with Crippen LogP contribution in [0.15, 0.2) is 22.6 Å². The number of nitrogens with two attached hydrogens (primary N) is 1. The van der Waals surface area contributed by atoms with Crippen LogP contribution in [0, 0.1) is 6.92 Å². The Kier molecular flexibility index (Phi) is 3.86. The molecule has 7 heteroatoms. The van der Waals surface area contributed by atoms with E-state index in [4.69, 9.17) is 10.5 Å². The van der Waals surface area contributed by atoms with Gasteiger partial charge in [-0.15, -0.1) is 11.3 Å². The molecule has 0 saturated heterocycles. The fourth-order valence-electron chi connectivity index (χ4n) is 1.52. The van der Waals surface area contributed by atoms with E-state index in [2.05, 4.69) is 15.5 Å². The number of benzene rings is 1. The number of hydrogen-bond donors (Lipinski definition) is 3. The number of hydrogen-bond acceptors (Lipinski definition) is 7. The summed E-state index contributed by atoms with van der Waals surface area (Å²) >= 11 is 1.36. The fraction of sp³-hybridized carbons (Fsp3) is 0.167. The number of nitrogens with one attached hydrogen (secondary N) is 1. The van der Waals surface area contributed by atoms with Crippen LogP contribution in [0.3, 0.4) is 0 Å². The van der Waals surface area contributed by atoms with Crippen LogP contribution < -0.4 is 15.9 Å². The van der Waals surface area contributed by atoms with Gasteiger partial charge in [-0.1, -0.05) is 0 Å². The lowest BCUT2D eigenvalue weighted by molar-refractivity contribution is 0.407. The molecule has 0 radical (unpaired) electrons. The van der Waals surface area contributed by atoms with Gasteiger partial charge in [0.1, 0.15) is 17.3 Å². The molecule has 0 unspecified atom stereocenters. The highest BCUT2D eigenvalue weighted by Gasteiger charge is 2.05. The molecule has 0 amide bonds. The number of aryl methyl sites for hydroxylation is 1. The zero-order valence-corrected chi connectivity index (χ0v) is 11.4. The largest absolute Gasteiger partial charge is 0.507 e. The van der Waals surface area contributed by atoms with E-state index in [0.717, 1.165) is 5.56 Å². The van der Waals surface area contributed by atoms with Crippen molar-refractivity contribution in [2.24, 2.45) is 5.10 Å². The first-order chi connectivity index (χ1) is 9.10. The van der Waals surface area contributed by atoms with E-state index in [1.165, 1.54) is 23.6 Å². The number of ether oxygens (including phenoxy) is 1. The molecule has 0 aliphatic rings. The van der Waals surface area contributed by atoms with Crippen molar-refractivity contribution in [3.05, 3.63) is 28.6 Å². The summed E-state index contributed by atoms with van der Waals surface area (Å²) in [5.41, 5.74) is 9.73. The summed E-state index contributed by atoms with van der Waals surface area (Å²) in [6.45, 7) is 1.87. The van der Waals surface area contributed by atoms with Gasteiger partial charge in [0, 0.05) is 17.0 Å². The highest BCUT2D eigenvalue weighted by molar-refractivity contribution is 7.14. The Labute approximate surface area is 114 Å². The van der Waals surface area contributed by atoms with Crippen LogP contribution in [0.4, 0.5) is 10.9 Å². The molecule has 19 heavy (non-hydrogen) atoms. The molecular formula is C12H14N4O2S. The van der Waals surface area contributed by atoms with E-state index >= 15 is 0 Å². The lowest BCUT2D eigenvalue weighted by Crippen LogP contribution is -1.94. The second-order valence-electron chi connectivity index (χ2n) is 3.82. The minimum absolute atomic E-state index is 0.112. The molecule has 0 saturated carbocycles. The lowest BCUT2D eigenvalue weighted by atomic mass is 10.1. The van der Waals surface area contributed by atoms with E-state index in [0.29, 0.717) is 22.3 Å². The number of nitrogens with zero attached hydrogens (tertiary/aromatic N) is 2. The molecule has 6 nitrogen and oxygen atoms in total. The Morgan fingerprint density at radius 2 is 2.32 bits per heavy atom. The van der Waals surface area contributed by atoms with E-state index in [1.807, 2.05) is 13.0 Å². The monoisotopic (exact) mass is 278 g/mol. The molecular weight excluding hydrogens is 264 g/mol. The molecule has 0 spiro atoms. The van der Waals surface area contributed by atoms with Crippen molar-refractivity contribution in [1.29, 1.82) is 0 Å². The molecule has 100 valence electrons. The Balaban J connectivity index is 2.14. The third-order valence-corrected chi connectivity index (χ3v) is 3.22. The zero-order valence-electron chi connectivity index (χ0n) is 10.5. The number of nitrogen functional groups attached to an aromatic ring is 1. The summed E-state index contributed by atoms with van der Waals surface area (Å²) in [4.78, 5) is 4.00. The molecule has 0 fully saturated rings. The molecule has 4 N–H and O–H groups in total. The smallest absolute Gasteiger partial charge is 0.205 e. The van der Waals surface area contributed by atoms with Gasteiger partial charge in [0.25, 0.3) is 0 Å². The average Bonchev–Trinajstić information content (AvgIpc) is 2.78. The van der Waals surface area contributed by atoms with Crippen molar-refractivity contribution in [1.82, 2.24) is 4.98 Å².